The lowest BCUT2D eigenvalue weighted by Crippen LogP contribution is -2.50. The smallest absolute Gasteiger partial charge is 0.416 e. The van der Waals surface area contributed by atoms with Crippen LogP contribution in [0.2, 0.25) is 5.02 Å². The van der Waals surface area contributed by atoms with Gasteiger partial charge in [0, 0.05) is 24.7 Å². The number of likely N-dealkylation sites (tertiary alicyclic amines) is 1. The first-order chi connectivity index (χ1) is 16.4. The van der Waals surface area contributed by atoms with E-state index in [1.54, 1.807) is 13.8 Å². The number of rotatable bonds is 5. The van der Waals surface area contributed by atoms with Crippen molar-refractivity contribution in [2.24, 2.45) is 5.92 Å². The highest BCUT2D eigenvalue weighted by Crippen LogP contribution is 2.42. The van der Waals surface area contributed by atoms with Gasteiger partial charge in [-0.1, -0.05) is 30.7 Å². The van der Waals surface area contributed by atoms with E-state index in [1.165, 1.54) is 0 Å². The lowest BCUT2D eigenvalue weighted by molar-refractivity contribution is -0.141. The average molecular weight is 514 g/mol. The van der Waals surface area contributed by atoms with E-state index in [1.807, 2.05) is 23.1 Å². The monoisotopic (exact) mass is 513 g/mol. The van der Waals surface area contributed by atoms with Crippen LogP contribution in [0, 0.1) is 11.7 Å². The molecule has 4 rings (SSSR count). The summed E-state index contributed by atoms with van der Waals surface area (Å²) in [4.78, 5) is 13.2. The second-order valence-electron chi connectivity index (χ2n) is 9.74. The van der Waals surface area contributed by atoms with Crippen molar-refractivity contribution in [2.45, 2.75) is 63.8 Å². The van der Waals surface area contributed by atoms with Gasteiger partial charge in [0.15, 0.2) is 0 Å². The van der Waals surface area contributed by atoms with Crippen LogP contribution in [0.3, 0.4) is 0 Å². The average Bonchev–Trinajstić information content (AvgIpc) is 2.80. The molecule has 35 heavy (non-hydrogen) atoms. The minimum atomic E-state index is -4.61. The third-order valence-electron chi connectivity index (χ3n) is 7.36. The number of nitrogens with zero attached hydrogens (tertiary/aromatic N) is 1. The Morgan fingerprint density at radius 3 is 2.49 bits per heavy atom. The van der Waals surface area contributed by atoms with Gasteiger partial charge in [-0.05, 0) is 68.4 Å². The van der Waals surface area contributed by atoms with Crippen molar-refractivity contribution in [3.05, 3.63) is 63.4 Å². The molecule has 2 aromatic carbocycles. The zero-order chi connectivity index (χ0) is 25.5. The van der Waals surface area contributed by atoms with E-state index < -0.39 is 46.1 Å². The molecule has 0 saturated carbocycles. The maximum atomic E-state index is 14.7. The van der Waals surface area contributed by atoms with Gasteiger partial charge in [-0.25, -0.2) is 4.39 Å². The normalized spacial score (nSPS) is 19.6. The standard InChI is InChI=1S/C26H28ClF4NO3/c1-15(24(33)34)11-17-3-4-18-5-6-25(35-22(18)12-17)7-9-32(10-8-25)16(2)20-13-19(26(29,30)31)14-21(27)23(20)28/h3-4,12-16H,5-11H2,1-2H3,(H,33,34). The van der Waals surface area contributed by atoms with Crippen LogP contribution < -0.4 is 4.74 Å². The van der Waals surface area contributed by atoms with Gasteiger partial charge in [-0.2, -0.15) is 13.2 Å². The van der Waals surface area contributed by atoms with Gasteiger partial charge < -0.3 is 9.84 Å². The van der Waals surface area contributed by atoms with E-state index in [0.29, 0.717) is 38.4 Å². The molecular formula is C26H28ClF4NO3. The molecule has 0 amide bonds. The topological polar surface area (TPSA) is 49.8 Å². The van der Waals surface area contributed by atoms with E-state index in [4.69, 9.17) is 16.3 Å². The number of aryl methyl sites for hydroxylation is 1. The largest absolute Gasteiger partial charge is 0.487 e. The summed E-state index contributed by atoms with van der Waals surface area (Å²) < 4.78 is 60.9. The molecule has 190 valence electrons. The van der Waals surface area contributed by atoms with Crippen molar-refractivity contribution < 1.29 is 32.2 Å². The predicted molar refractivity (Wildman–Crippen MR) is 124 cm³/mol. The first kappa shape index (κ1) is 25.8. The Balaban J connectivity index is 1.47. The molecule has 0 bridgehead atoms. The number of alkyl halides is 3. The number of carbonyl (C=O) groups is 1. The van der Waals surface area contributed by atoms with Crippen molar-refractivity contribution >= 4 is 17.6 Å². The summed E-state index contributed by atoms with van der Waals surface area (Å²) in [7, 11) is 0. The fourth-order valence-electron chi connectivity index (χ4n) is 5.06. The van der Waals surface area contributed by atoms with Crippen LogP contribution in [0.1, 0.15) is 61.4 Å². The van der Waals surface area contributed by atoms with Crippen molar-refractivity contribution in [3.63, 3.8) is 0 Å². The van der Waals surface area contributed by atoms with Gasteiger partial charge in [0.2, 0.25) is 0 Å². The molecule has 1 fully saturated rings. The highest BCUT2D eigenvalue weighted by molar-refractivity contribution is 6.30. The van der Waals surface area contributed by atoms with Crippen molar-refractivity contribution in [2.75, 3.05) is 13.1 Å². The molecule has 1 N–H and O–H groups in total. The van der Waals surface area contributed by atoms with Gasteiger partial charge in [0.25, 0.3) is 0 Å². The molecule has 4 nitrogen and oxygen atoms in total. The summed E-state index contributed by atoms with van der Waals surface area (Å²) in [6.07, 6.45) is -1.24. The third kappa shape index (κ3) is 5.43. The second kappa shape index (κ2) is 9.62. The highest BCUT2D eigenvalue weighted by atomic mass is 35.5. The molecule has 2 unspecified atom stereocenters. The molecular weight excluding hydrogens is 486 g/mol. The third-order valence-corrected chi connectivity index (χ3v) is 7.64. The molecule has 9 heteroatoms. The highest BCUT2D eigenvalue weighted by Gasteiger charge is 2.41. The van der Waals surface area contributed by atoms with Crippen LogP contribution in [0.4, 0.5) is 17.6 Å². The Kier molecular flexibility index (Phi) is 7.08. The first-order valence-corrected chi connectivity index (χ1v) is 12.1. The van der Waals surface area contributed by atoms with Gasteiger partial charge in [0.05, 0.1) is 16.5 Å². The summed E-state index contributed by atoms with van der Waals surface area (Å²) in [5, 5.41) is 8.67. The quantitative estimate of drug-likeness (QED) is 0.453. The number of fused-ring (bicyclic) bond motifs is 1. The Hall–Kier alpha value is -2.32. The van der Waals surface area contributed by atoms with Crippen LogP contribution >= 0.6 is 11.6 Å². The summed E-state index contributed by atoms with van der Waals surface area (Å²) in [6, 6.07) is 6.75. The molecule has 2 aliphatic heterocycles. The zero-order valence-electron chi connectivity index (χ0n) is 19.6. The minimum absolute atomic E-state index is 0.0622. The van der Waals surface area contributed by atoms with E-state index in [-0.39, 0.29) is 5.56 Å². The fourth-order valence-corrected chi connectivity index (χ4v) is 5.29. The first-order valence-electron chi connectivity index (χ1n) is 11.7. The number of aliphatic carboxylic acids is 1. The number of piperidine rings is 1. The maximum absolute atomic E-state index is 14.7. The minimum Gasteiger partial charge on any atom is -0.487 e. The Labute approximate surface area is 206 Å². The van der Waals surface area contributed by atoms with Crippen LogP contribution in [-0.2, 0) is 23.8 Å². The van der Waals surface area contributed by atoms with Crippen LogP contribution in [0.15, 0.2) is 30.3 Å². The summed E-state index contributed by atoms with van der Waals surface area (Å²) in [5.41, 5.74) is 0.564. The van der Waals surface area contributed by atoms with E-state index in [0.717, 1.165) is 35.8 Å². The lowest BCUT2D eigenvalue weighted by atomic mass is 9.82. The van der Waals surface area contributed by atoms with Gasteiger partial charge in [-0.3, -0.25) is 9.69 Å². The van der Waals surface area contributed by atoms with Crippen molar-refractivity contribution in [3.8, 4) is 5.75 Å². The van der Waals surface area contributed by atoms with Crippen molar-refractivity contribution in [1.82, 2.24) is 4.90 Å². The number of carboxylic acids is 1. The molecule has 2 aliphatic rings. The summed E-state index contributed by atoms with van der Waals surface area (Å²) in [6.45, 7) is 4.44. The van der Waals surface area contributed by atoms with Gasteiger partial charge in [-0.15, -0.1) is 0 Å². The fraction of sp³-hybridized carbons (Fsp3) is 0.500. The number of hydrogen-bond acceptors (Lipinski definition) is 3. The molecule has 0 radical (unpaired) electrons. The summed E-state index contributed by atoms with van der Waals surface area (Å²) >= 11 is 5.79. The summed E-state index contributed by atoms with van der Waals surface area (Å²) in [5.74, 6) is -1.40. The number of ether oxygens (including phenoxy) is 1. The molecule has 2 aromatic rings. The van der Waals surface area contributed by atoms with Gasteiger partial charge in [0.1, 0.15) is 17.2 Å². The van der Waals surface area contributed by atoms with Crippen molar-refractivity contribution in [1.29, 1.82) is 0 Å². The number of benzene rings is 2. The Morgan fingerprint density at radius 1 is 1.17 bits per heavy atom. The van der Waals surface area contributed by atoms with Crippen LogP contribution in [0.5, 0.6) is 5.75 Å². The molecule has 0 aromatic heterocycles. The van der Waals surface area contributed by atoms with Crippen LogP contribution in [-0.4, -0.2) is 34.7 Å². The maximum Gasteiger partial charge on any atom is 0.416 e. The Morgan fingerprint density at radius 2 is 1.86 bits per heavy atom. The van der Waals surface area contributed by atoms with E-state index in [9.17, 15) is 27.5 Å². The molecule has 0 aliphatic carbocycles. The van der Waals surface area contributed by atoms with E-state index in [2.05, 4.69) is 0 Å². The number of carboxylic acid groups (broad SMARTS) is 1. The Bertz CT molecular complexity index is 1110. The molecule has 1 spiro atoms. The number of hydrogen-bond donors (Lipinski definition) is 1. The lowest BCUT2D eigenvalue weighted by Gasteiger charge is -2.46. The van der Waals surface area contributed by atoms with Crippen LogP contribution in [0.25, 0.3) is 0 Å². The van der Waals surface area contributed by atoms with Gasteiger partial charge >= 0.3 is 12.1 Å². The molecule has 1 saturated heterocycles. The second-order valence-corrected chi connectivity index (χ2v) is 10.1. The zero-order valence-corrected chi connectivity index (χ0v) is 20.3. The predicted octanol–water partition coefficient (Wildman–Crippen LogP) is 6.68. The number of halogens is 5. The molecule has 2 atom stereocenters. The SMILES string of the molecule is CC(Cc1ccc2c(c1)OC1(CC2)CCN(C(C)c2cc(C(F)(F)F)cc(Cl)c2F)CC1)C(=O)O. The van der Waals surface area contributed by atoms with E-state index >= 15 is 0 Å². The molecule has 2 heterocycles.